The molecule has 1 aliphatic carbocycles. The molecular weight excluding hydrogens is 360 g/mol. The van der Waals surface area contributed by atoms with Crippen LogP contribution in [0.2, 0.25) is 0 Å². The first-order valence-electron chi connectivity index (χ1n) is 10.3. The van der Waals surface area contributed by atoms with Crippen LogP contribution in [0.25, 0.3) is 22.6 Å². The zero-order valence-corrected chi connectivity index (χ0v) is 16.9. The molecule has 0 unspecified atom stereocenters. The average molecular weight is 385 g/mol. The minimum Gasteiger partial charge on any atom is -0.545 e. The highest BCUT2D eigenvalue weighted by molar-refractivity contribution is 6.05. The van der Waals surface area contributed by atoms with E-state index in [0.717, 1.165) is 48.3 Å². The molecule has 0 spiro atoms. The van der Waals surface area contributed by atoms with Crippen LogP contribution in [-0.4, -0.2) is 24.0 Å². The van der Waals surface area contributed by atoms with Gasteiger partial charge in [-0.05, 0) is 74.1 Å². The van der Waals surface area contributed by atoms with Crippen molar-refractivity contribution in [3.63, 3.8) is 0 Å². The fourth-order valence-electron chi connectivity index (χ4n) is 4.28. The molecule has 4 heteroatoms. The van der Waals surface area contributed by atoms with Gasteiger partial charge in [-0.25, -0.2) is 4.98 Å². The van der Waals surface area contributed by atoms with Gasteiger partial charge in [0.2, 0.25) is 0 Å². The summed E-state index contributed by atoms with van der Waals surface area (Å²) in [5.41, 5.74) is 6.03. The van der Waals surface area contributed by atoms with Crippen molar-refractivity contribution in [1.82, 2.24) is 4.98 Å². The van der Waals surface area contributed by atoms with Crippen molar-refractivity contribution in [2.45, 2.75) is 33.1 Å². The zero-order valence-electron chi connectivity index (χ0n) is 16.9. The molecule has 29 heavy (non-hydrogen) atoms. The van der Waals surface area contributed by atoms with Gasteiger partial charge in [-0.2, -0.15) is 0 Å². The smallest absolute Gasteiger partial charge is 0.0725 e. The number of pyridine rings is 1. The number of allylic oxidation sites excluding steroid dienone is 1. The van der Waals surface area contributed by atoms with Gasteiger partial charge < -0.3 is 14.8 Å². The molecule has 0 saturated carbocycles. The fraction of sp³-hybridized carbons (Fsp3) is 0.280. The number of para-hydroxylation sites is 1. The van der Waals surface area contributed by atoms with Crippen molar-refractivity contribution in [2.75, 3.05) is 18.0 Å². The molecule has 0 radical (unpaired) electrons. The summed E-state index contributed by atoms with van der Waals surface area (Å²) in [6.45, 7) is 6.27. The molecule has 0 bridgehead atoms. The molecule has 1 aromatic heterocycles. The van der Waals surface area contributed by atoms with Crippen molar-refractivity contribution in [1.29, 1.82) is 0 Å². The minimum absolute atomic E-state index is 0.299. The number of hydrogen-bond donors (Lipinski definition) is 0. The number of rotatable bonds is 5. The third-order valence-electron chi connectivity index (χ3n) is 5.74. The maximum Gasteiger partial charge on any atom is 0.0725 e. The lowest BCUT2D eigenvalue weighted by Gasteiger charge is -2.24. The van der Waals surface area contributed by atoms with Gasteiger partial charge in [0.1, 0.15) is 0 Å². The maximum absolute atomic E-state index is 11.9. The largest absolute Gasteiger partial charge is 0.545 e. The van der Waals surface area contributed by atoms with Crippen molar-refractivity contribution in [2.24, 2.45) is 0 Å². The maximum atomic E-state index is 11.9. The highest BCUT2D eigenvalue weighted by atomic mass is 16.4. The Labute approximate surface area is 171 Å². The van der Waals surface area contributed by atoms with E-state index in [0.29, 0.717) is 22.9 Å². The Morgan fingerprint density at radius 2 is 1.79 bits per heavy atom. The molecule has 4 nitrogen and oxygen atoms in total. The second-order valence-corrected chi connectivity index (χ2v) is 7.41. The van der Waals surface area contributed by atoms with E-state index in [1.807, 2.05) is 24.3 Å². The van der Waals surface area contributed by atoms with E-state index in [4.69, 9.17) is 4.98 Å². The number of carboxylic acids is 1. The number of carbonyl (C=O) groups excluding carboxylic acids is 1. The Morgan fingerprint density at radius 1 is 1.07 bits per heavy atom. The third kappa shape index (κ3) is 3.63. The lowest BCUT2D eigenvalue weighted by Crippen LogP contribution is -2.26. The normalized spacial score (nSPS) is 14.8. The second kappa shape index (κ2) is 8.08. The molecule has 1 heterocycles. The lowest BCUT2D eigenvalue weighted by atomic mass is 9.86. The van der Waals surface area contributed by atoms with Crippen molar-refractivity contribution in [3.8, 4) is 0 Å². The van der Waals surface area contributed by atoms with E-state index in [1.165, 1.54) is 5.69 Å². The highest BCUT2D eigenvalue weighted by Gasteiger charge is 2.22. The summed E-state index contributed by atoms with van der Waals surface area (Å²) < 4.78 is 0. The predicted octanol–water partition coefficient (Wildman–Crippen LogP) is 4.32. The van der Waals surface area contributed by atoms with Crippen molar-refractivity contribution >= 4 is 34.2 Å². The number of aromatic carboxylic acids is 1. The minimum atomic E-state index is -1.12. The molecular formula is C25H25N2O2-. The number of fused-ring (bicyclic) bond motifs is 2. The van der Waals surface area contributed by atoms with Crippen molar-refractivity contribution < 1.29 is 9.90 Å². The first-order chi connectivity index (χ1) is 14.1. The summed E-state index contributed by atoms with van der Waals surface area (Å²) >= 11 is 0. The molecule has 0 fully saturated rings. The highest BCUT2D eigenvalue weighted by Crippen LogP contribution is 2.36. The van der Waals surface area contributed by atoms with E-state index in [-0.39, 0.29) is 0 Å². The molecule has 4 rings (SSSR count). The van der Waals surface area contributed by atoms with E-state index < -0.39 is 5.97 Å². The number of anilines is 1. The number of nitrogens with zero attached hydrogens (tertiary/aromatic N) is 2. The molecule has 148 valence electrons. The Morgan fingerprint density at radius 3 is 2.48 bits per heavy atom. The van der Waals surface area contributed by atoms with Crippen LogP contribution in [0.3, 0.4) is 0 Å². The number of carboxylic acid groups (broad SMARTS) is 1. The van der Waals surface area contributed by atoms with Gasteiger partial charge >= 0.3 is 0 Å². The Kier molecular flexibility index (Phi) is 5.34. The average Bonchev–Trinajstić information content (AvgIpc) is 2.74. The van der Waals surface area contributed by atoms with Crippen LogP contribution in [0.1, 0.15) is 53.9 Å². The molecule has 0 atom stereocenters. The summed E-state index contributed by atoms with van der Waals surface area (Å²) in [7, 11) is 0. The van der Waals surface area contributed by atoms with Crippen LogP contribution >= 0.6 is 0 Å². The van der Waals surface area contributed by atoms with E-state index in [9.17, 15) is 9.90 Å². The molecule has 0 N–H and O–H groups in total. The Bertz CT molecular complexity index is 1080. The summed E-state index contributed by atoms with van der Waals surface area (Å²) in [5, 5.41) is 12.6. The molecule has 3 aromatic rings. The van der Waals surface area contributed by atoms with Gasteiger partial charge in [0, 0.05) is 29.7 Å². The third-order valence-corrected chi connectivity index (χ3v) is 5.74. The monoisotopic (exact) mass is 385 g/mol. The number of hydrogen-bond acceptors (Lipinski definition) is 4. The first-order valence-corrected chi connectivity index (χ1v) is 10.3. The molecule has 1 aliphatic rings. The van der Waals surface area contributed by atoms with Crippen LogP contribution in [0.5, 0.6) is 0 Å². The summed E-state index contributed by atoms with van der Waals surface area (Å²) in [6, 6.07) is 15.9. The van der Waals surface area contributed by atoms with Gasteiger partial charge in [-0.15, -0.1) is 0 Å². The molecule has 0 saturated heterocycles. The Balaban J connectivity index is 1.80. The van der Waals surface area contributed by atoms with Crippen LogP contribution < -0.4 is 10.0 Å². The van der Waals surface area contributed by atoms with E-state index >= 15 is 0 Å². The number of carbonyl (C=O) groups is 1. The van der Waals surface area contributed by atoms with Gasteiger partial charge in [0.15, 0.2) is 0 Å². The molecule has 2 aromatic carbocycles. The predicted molar refractivity (Wildman–Crippen MR) is 117 cm³/mol. The standard InChI is InChI=1S/C25H26N2O2/c1-3-27(4-2)19-14-12-17(13-15-19)16-18-8-7-10-21-23(25(28)29)20-9-5-6-11-22(20)26-24(18)21/h5-6,9,11-16H,3-4,7-8,10H2,1-2H3,(H,28,29)/p-1/b18-16+. The fourth-order valence-corrected chi connectivity index (χ4v) is 4.28. The lowest BCUT2D eigenvalue weighted by molar-refractivity contribution is -0.254. The SMILES string of the molecule is CCN(CC)c1ccc(/C=C2\CCCc3c2nc2ccccc2c3C(=O)[O-])cc1. The zero-order chi connectivity index (χ0) is 20.4. The molecule has 0 aliphatic heterocycles. The summed E-state index contributed by atoms with van der Waals surface area (Å²) in [4.78, 5) is 19.1. The quantitative estimate of drug-likeness (QED) is 0.656. The van der Waals surface area contributed by atoms with Gasteiger partial charge in [-0.1, -0.05) is 30.3 Å². The van der Waals surface area contributed by atoms with Crippen LogP contribution in [0, 0.1) is 0 Å². The van der Waals surface area contributed by atoms with Crippen LogP contribution in [-0.2, 0) is 6.42 Å². The summed E-state index contributed by atoms with van der Waals surface area (Å²) in [5.74, 6) is -1.12. The van der Waals surface area contributed by atoms with Crippen LogP contribution in [0.15, 0.2) is 48.5 Å². The number of aromatic nitrogens is 1. The van der Waals surface area contributed by atoms with Gasteiger partial charge in [0.25, 0.3) is 0 Å². The van der Waals surface area contributed by atoms with E-state index in [2.05, 4.69) is 49.1 Å². The number of benzene rings is 2. The van der Waals surface area contributed by atoms with Crippen molar-refractivity contribution in [3.05, 3.63) is 70.9 Å². The molecule has 0 amide bonds. The topological polar surface area (TPSA) is 56.3 Å². The second-order valence-electron chi connectivity index (χ2n) is 7.41. The van der Waals surface area contributed by atoms with E-state index in [1.54, 1.807) is 0 Å². The Hall–Kier alpha value is -3.14. The van der Waals surface area contributed by atoms with Crippen LogP contribution in [0.4, 0.5) is 5.69 Å². The first kappa shape index (κ1) is 19.2. The van der Waals surface area contributed by atoms with Gasteiger partial charge in [0.05, 0.1) is 17.2 Å². The van der Waals surface area contributed by atoms with Gasteiger partial charge in [-0.3, -0.25) is 0 Å². The summed E-state index contributed by atoms with van der Waals surface area (Å²) in [6.07, 6.45) is 4.67.